The van der Waals surface area contributed by atoms with Gasteiger partial charge in [-0.25, -0.2) is 0 Å². The van der Waals surface area contributed by atoms with E-state index >= 15 is 0 Å². The molecule has 2 rings (SSSR count). The highest BCUT2D eigenvalue weighted by atomic mass is 16.5. The Morgan fingerprint density at radius 3 is 2.87 bits per heavy atom. The van der Waals surface area contributed by atoms with Gasteiger partial charge in [0.1, 0.15) is 11.5 Å². The molecule has 6 nitrogen and oxygen atoms in total. The minimum atomic E-state index is -0.252. The smallest absolute Gasteiger partial charge is 0.257 e. The molecule has 1 atom stereocenters. The van der Waals surface area contributed by atoms with Crippen LogP contribution in [0.1, 0.15) is 36.5 Å². The van der Waals surface area contributed by atoms with E-state index in [0.29, 0.717) is 25.4 Å². The second-order valence-electron chi connectivity index (χ2n) is 5.76. The van der Waals surface area contributed by atoms with Gasteiger partial charge in [-0.2, -0.15) is 0 Å². The van der Waals surface area contributed by atoms with Crippen LogP contribution in [-0.2, 0) is 4.79 Å². The summed E-state index contributed by atoms with van der Waals surface area (Å²) in [5.74, 6) is -0.0393. The van der Waals surface area contributed by atoms with Gasteiger partial charge in [0.2, 0.25) is 5.91 Å². The Balaban J connectivity index is 2.06. The highest BCUT2D eigenvalue weighted by Gasteiger charge is 2.29. The van der Waals surface area contributed by atoms with Crippen molar-refractivity contribution in [1.29, 1.82) is 0 Å². The Morgan fingerprint density at radius 2 is 2.22 bits per heavy atom. The topological polar surface area (TPSA) is 78.9 Å². The third kappa shape index (κ3) is 4.15. The van der Waals surface area contributed by atoms with Crippen molar-refractivity contribution in [3.8, 4) is 11.5 Å². The van der Waals surface area contributed by atoms with Crippen molar-refractivity contribution in [2.75, 3.05) is 26.7 Å². The van der Waals surface area contributed by atoms with E-state index in [1.165, 1.54) is 13.2 Å². The highest BCUT2D eigenvalue weighted by Crippen LogP contribution is 2.26. The lowest BCUT2D eigenvalue weighted by molar-refractivity contribution is -0.126. The van der Waals surface area contributed by atoms with E-state index in [0.717, 1.165) is 19.3 Å². The molecule has 126 valence electrons. The molecule has 1 aliphatic rings. The number of ether oxygens (including phenoxy) is 1. The van der Waals surface area contributed by atoms with Crippen LogP contribution in [-0.4, -0.2) is 48.6 Å². The number of benzene rings is 1. The molecule has 6 heteroatoms. The molecular weight excluding hydrogens is 296 g/mol. The van der Waals surface area contributed by atoms with E-state index in [-0.39, 0.29) is 29.0 Å². The summed E-state index contributed by atoms with van der Waals surface area (Å²) in [6.45, 7) is 3.65. The van der Waals surface area contributed by atoms with Gasteiger partial charge in [-0.3, -0.25) is 9.59 Å². The zero-order valence-corrected chi connectivity index (χ0v) is 13.7. The van der Waals surface area contributed by atoms with E-state index in [1.807, 2.05) is 6.92 Å². The van der Waals surface area contributed by atoms with E-state index in [1.54, 1.807) is 17.0 Å². The first-order valence-electron chi connectivity index (χ1n) is 8.00. The summed E-state index contributed by atoms with van der Waals surface area (Å²) < 4.78 is 5.02. The fourth-order valence-corrected chi connectivity index (χ4v) is 2.76. The summed E-state index contributed by atoms with van der Waals surface area (Å²) in [4.78, 5) is 26.3. The molecule has 1 aliphatic heterocycles. The molecule has 0 saturated carbocycles. The molecule has 1 aromatic rings. The van der Waals surface area contributed by atoms with Crippen LogP contribution in [0.25, 0.3) is 0 Å². The van der Waals surface area contributed by atoms with E-state index in [9.17, 15) is 14.7 Å². The Labute approximate surface area is 136 Å². The Morgan fingerprint density at radius 1 is 1.43 bits per heavy atom. The Kier molecular flexibility index (Phi) is 5.84. The van der Waals surface area contributed by atoms with Crippen molar-refractivity contribution in [2.45, 2.75) is 26.2 Å². The molecule has 1 aromatic carbocycles. The predicted octanol–water partition coefficient (Wildman–Crippen LogP) is 1.78. The molecule has 0 spiro atoms. The lowest BCUT2D eigenvalue weighted by Gasteiger charge is -2.32. The number of methoxy groups -OCH3 is 1. The summed E-state index contributed by atoms with van der Waals surface area (Å²) in [5.41, 5.74) is 0.236. The summed E-state index contributed by atoms with van der Waals surface area (Å²) in [7, 11) is 1.50. The summed E-state index contributed by atoms with van der Waals surface area (Å²) in [5, 5.41) is 12.9. The largest absolute Gasteiger partial charge is 0.507 e. The van der Waals surface area contributed by atoms with Gasteiger partial charge in [0.25, 0.3) is 5.91 Å². The molecule has 0 radical (unpaired) electrons. The van der Waals surface area contributed by atoms with Crippen LogP contribution in [0.4, 0.5) is 0 Å². The fraction of sp³-hybridized carbons (Fsp3) is 0.529. The van der Waals surface area contributed by atoms with Gasteiger partial charge in [0, 0.05) is 25.7 Å². The van der Waals surface area contributed by atoms with Gasteiger partial charge in [-0.1, -0.05) is 6.92 Å². The fourth-order valence-electron chi connectivity index (χ4n) is 2.76. The van der Waals surface area contributed by atoms with Crippen molar-refractivity contribution in [2.24, 2.45) is 5.92 Å². The van der Waals surface area contributed by atoms with Crippen LogP contribution in [0.3, 0.4) is 0 Å². The quantitative estimate of drug-likeness (QED) is 0.867. The van der Waals surface area contributed by atoms with Crippen LogP contribution in [0.15, 0.2) is 18.2 Å². The van der Waals surface area contributed by atoms with Gasteiger partial charge in [-0.05, 0) is 31.4 Å². The molecule has 0 bridgehead atoms. The second-order valence-corrected chi connectivity index (χ2v) is 5.76. The summed E-state index contributed by atoms with van der Waals surface area (Å²) in [6.07, 6.45) is 2.46. The standard InChI is InChI=1S/C17H24N2O4/c1-3-8-18-16(21)12-5-4-9-19(11-12)17(22)14-7-6-13(23-2)10-15(14)20/h6-7,10,12,20H,3-5,8-9,11H2,1-2H3,(H,18,21)/t12-/m0/s1. The van der Waals surface area contributed by atoms with Crippen molar-refractivity contribution >= 4 is 11.8 Å². The molecule has 1 saturated heterocycles. The van der Waals surface area contributed by atoms with Crippen LogP contribution in [0, 0.1) is 5.92 Å². The van der Waals surface area contributed by atoms with Gasteiger partial charge in [0.15, 0.2) is 0 Å². The van der Waals surface area contributed by atoms with E-state index in [2.05, 4.69) is 5.32 Å². The average Bonchev–Trinajstić information content (AvgIpc) is 2.59. The Bertz CT molecular complexity index is 574. The number of nitrogens with zero attached hydrogens (tertiary/aromatic N) is 1. The molecule has 1 heterocycles. The van der Waals surface area contributed by atoms with Crippen LogP contribution < -0.4 is 10.1 Å². The number of phenols is 1. The molecule has 23 heavy (non-hydrogen) atoms. The normalized spacial score (nSPS) is 17.7. The number of amides is 2. The number of aromatic hydroxyl groups is 1. The van der Waals surface area contributed by atoms with Crippen LogP contribution >= 0.6 is 0 Å². The van der Waals surface area contributed by atoms with Gasteiger partial charge in [-0.15, -0.1) is 0 Å². The van der Waals surface area contributed by atoms with Crippen molar-refractivity contribution in [1.82, 2.24) is 10.2 Å². The number of rotatable bonds is 5. The Hall–Kier alpha value is -2.24. The minimum absolute atomic E-state index is 0.00306. The third-order valence-corrected chi connectivity index (χ3v) is 4.06. The first-order chi connectivity index (χ1) is 11.1. The number of carbonyl (C=O) groups is 2. The monoisotopic (exact) mass is 320 g/mol. The number of phenolic OH excluding ortho intramolecular Hbond substituents is 1. The maximum absolute atomic E-state index is 12.6. The van der Waals surface area contributed by atoms with Crippen molar-refractivity contribution < 1.29 is 19.4 Å². The van der Waals surface area contributed by atoms with Crippen LogP contribution in [0.5, 0.6) is 11.5 Å². The predicted molar refractivity (Wildman–Crippen MR) is 86.6 cm³/mol. The van der Waals surface area contributed by atoms with E-state index < -0.39 is 0 Å². The number of carbonyl (C=O) groups excluding carboxylic acids is 2. The average molecular weight is 320 g/mol. The van der Waals surface area contributed by atoms with Crippen LogP contribution in [0.2, 0.25) is 0 Å². The highest BCUT2D eigenvalue weighted by molar-refractivity contribution is 5.97. The molecule has 1 fully saturated rings. The number of piperidine rings is 1. The minimum Gasteiger partial charge on any atom is -0.507 e. The second kappa shape index (κ2) is 7.85. The lowest BCUT2D eigenvalue weighted by atomic mass is 9.96. The summed E-state index contributed by atoms with van der Waals surface area (Å²) in [6, 6.07) is 4.61. The molecule has 2 amide bonds. The maximum Gasteiger partial charge on any atom is 0.257 e. The van der Waals surface area contributed by atoms with Gasteiger partial charge >= 0.3 is 0 Å². The summed E-state index contributed by atoms with van der Waals surface area (Å²) >= 11 is 0. The molecule has 0 aromatic heterocycles. The molecule has 0 aliphatic carbocycles. The maximum atomic E-state index is 12.6. The number of hydrogen-bond donors (Lipinski definition) is 2. The van der Waals surface area contributed by atoms with Crippen molar-refractivity contribution in [3.63, 3.8) is 0 Å². The zero-order valence-electron chi connectivity index (χ0n) is 13.7. The number of likely N-dealkylation sites (tertiary alicyclic amines) is 1. The first kappa shape index (κ1) is 17.1. The SMILES string of the molecule is CCCNC(=O)[C@H]1CCCN(C(=O)c2ccc(OC)cc2O)C1. The van der Waals surface area contributed by atoms with E-state index in [4.69, 9.17) is 4.74 Å². The number of nitrogens with one attached hydrogen (secondary N) is 1. The molecular formula is C17H24N2O4. The third-order valence-electron chi connectivity index (χ3n) is 4.06. The molecule has 2 N–H and O–H groups in total. The zero-order chi connectivity index (χ0) is 16.8. The first-order valence-corrected chi connectivity index (χ1v) is 8.00. The lowest BCUT2D eigenvalue weighted by Crippen LogP contribution is -2.45. The van der Waals surface area contributed by atoms with Gasteiger partial charge < -0.3 is 20.1 Å². The van der Waals surface area contributed by atoms with Gasteiger partial charge in [0.05, 0.1) is 18.6 Å². The van der Waals surface area contributed by atoms with Crippen molar-refractivity contribution in [3.05, 3.63) is 23.8 Å². The number of hydrogen-bond acceptors (Lipinski definition) is 4. The molecule has 0 unspecified atom stereocenters.